The van der Waals surface area contributed by atoms with E-state index < -0.39 is 11.7 Å². The fraction of sp³-hybridized carbons (Fsp3) is 0.613. The van der Waals surface area contributed by atoms with Crippen LogP contribution in [-0.2, 0) is 11.0 Å². The number of rotatable bonds is 5. The number of carbonyl (C=O) groups is 3. The van der Waals surface area contributed by atoms with Crippen molar-refractivity contribution in [2.24, 2.45) is 0 Å². The van der Waals surface area contributed by atoms with E-state index >= 15 is 0 Å². The lowest BCUT2D eigenvalue weighted by Gasteiger charge is -2.36. The van der Waals surface area contributed by atoms with E-state index in [2.05, 4.69) is 10.4 Å². The van der Waals surface area contributed by atoms with Gasteiger partial charge in [-0.2, -0.15) is 18.3 Å². The number of piperidine rings is 2. The molecule has 4 amide bonds. The number of amides is 4. The van der Waals surface area contributed by atoms with E-state index in [9.17, 15) is 27.6 Å². The normalized spacial score (nSPS) is 22.2. The lowest BCUT2D eigenvalue weighted by Crippen LogP contribution is -2.51. The van der Waals surface area contributed by atoms with Crippen LogP contribution in [0.3, 0.4) is 0 Å². The minimum absolute atomic E-state index is 0.0640. The summed E-state index contributed by atoms with van der Waals surface area (Å²) in [6.45, 7) is 4.72. The molecule has 1 aromatic carbocycles. The first kappa shape index (κ1) is 29.5. The van der Waals surface area contributed by atoms with Gasteiger partial charge in [0.25, 0.3) is 5.91 Å². The third-order valence-corrected chi connectivity index (χ3v) is 9.58. The molecule has 12 heteroatoms. The number of alkyl halides is 3. The first-order valence-electron chi connectivity index (χ1n) is 15.4. The summed E-state index contributed by atoms with van der Waals surface area (Å²) in [7, 11) is 0. The number of urea groups is 1. The van der Waals surface area contributed by atoms with Crippen LogP contribution in [0.5, 0.6) is 0 Å². The van der Waals surface area contributed by atoms with Crippen LogP contribution in [0.15, 0.2) is 30.5 Å². The standard InChI is InChI=1S/C31H39F3N6O3/c1-20(41)37-14-9-23(10-15-37)36-30(43)38-16-11-24(12-17-38)40-28(21-6-7-21)26(18-35-40)29(42)39-13-8-22(19-39)25-4-2-3-5-27(25)31(32,33)34/h2-5,18,21-24H,6-17,19H2,1H3,(H,36,43)/t22-/m1/s1. The van der Waals surface area contributed by atoms with E-state index in [0.29, 0.717) is 44.7 Å². The second kappa shape index (κ2) is 11.8. The molecule has 0 bridgehead atoms. The van der Waals surface area contributed by atoms with Gasteiger partial charge in [-0.15, -0.1) is 0 Å². The molecule has 0 unspecified atom stereocenters. The van der Waals surface area contributed by atoms with Gasteiger partial charge in [-0.05, 0) is 56.6 Å². The van der Waals surface area contributed by atoms with Gasteiger partial charge in [0.1, 0.15) is 0 Å². The zero-order valence-electron chi connectivity index (χ0n) is 24.5. The summed E-state index contributed by atoms with van der Waals surface area (Å²) in [5, 5.41) is 7.80. The molecule has 1 aliphatic carbocycles. The summed E-state index contributed by atoms with van der Waals surface area (Å²) in [4.78, 5) is 43.6. The molecule has 3 aliphatic heterocycles. The highest BCUT2D eigenvalue weighted by Gasteiger charge is 2.40. The molecule has 1 atom stereocenters. The number of carbonyl (C=O) groups excluding carboxylic acids is 3. The van der Waals surface area contributed by atoms with Gasteiger partial charge >= 0.3 is 12.2 Å². The minimum atomic E-state index is -4.43. The van der Waals surface area contributed by atoms with Crippen molar-refractivity contribution >= 4 is 17.8 Å². The summed E-state index contributed by atoms with van der Waals surface area (Å²) in [5.41, 5.74) is 1.12. The zero-order chi connectivity index (χ0) is 30.3. The third kappa shape index (κ3) is 6.24. The zero-order valence-corrected chi connectivity index (χ0v) is 24.5. The van der Waals surface area contributed by atoms with E-state index in [0.717, 1.165) is 50.3 Å². The number of aromatic nitrogens is 2. The van der Waals surface area contributed by atoms with Gasteiger partial charge in [0.05, 0.1) is 29.1 Å². The summed E-state index contributed by atoms with van der Waals surface area (Å²) < 4.78 is 42.9. The van der Waals surface area contributed by atoms with Gasteiger partial charge in [-0.3, -0.25) is 14.3 Å². The van der Waals surface area contributed by atoms with E-state index in [1.807, 2.05) is 14.5 Å². The molecule has 2 aromatic rings. The molecule has 1 saturated carbocycles. The van der Waals surface area contributed by atoms with Crippen molar-refractivity contribution in [2.75, 3.05) is 39.3 Å². The Morgan fingerprint density at radius 1 is 0.837 bits per heavy atom. The Bertz CT molecular complexity index is 1360. The predicted molar refractivity (Wildman–Crippen MR) is 153 cm³/mol. The van der Waals surface area contributed by atoms with E-state index in [-0.39, 0.29) is 53.9 Å². The van der Waals surface area contributed by atoms with Crippen LogP contribution in [0.25, 0.3) is 0 Å². The predicted octanol–water partition coefficient (Wildman–Crippen LogP) is 4.77. The van der Waals surface area contributed by atoms with Crippen molar-refractivity contribution < 1.29 is 27.6 Å². The number of hydrogen-bond donors (Lipinski definition) is 1. The number of nitrogens with zero attached hydrogens (tertiary/aromatic N) is 5. The van der Waals surface area contributed by atoms with Crippen molar-refractivity contribution in [1.82, 2.24) is 29.8 Å². The maximum absolute atomic E-state index is 13.7. The molecule has 4 heterocycles. The SMILES string of the molecule is CC(=O)N1CCC(NC(=O)N2CCC(n3ncc(C(=O)N4CC[C@@H](c5ccccc5C(F)(F)F)C4)c3C3CC3)CC2)CC1. The quantitative estimate of drug-likeness (QED) is 0.536. The molecule has 1 N–H and O–H groups in total. The van der Waals surface area contributed by atoms with Crippen molar-refractivity contribution in [2.45, 2.75) is 82.0 Å². The molecular weight excluding hydrogens is 561 g/mol. The maximum atomic E-state index is 13.7. The summed E-state index contributed by atoms with van der Waals surface area (Å²) >= 11 is 0. The van der Waals surface area contributed by atoms with Crippen molar-refractivity contribution in [3.8, 4) is 0 Å². The van der Waals surface area contributed by atoms with Gasteiger partial charge in [0, 0.05) is 64.1 Å². The molecule has 4 aliphatic rings. The number of halogens is 3. The Kier molecular flexibility index (Phi) is 8.12. The van der Waals surface area contributed by atoms with Crippen LogP contribution < -0.4 is 5.32 Å². The van der Waals surface area contributed by atoms with E-state index in [1.54, 1.807) is 24.1 Å². The highest BCUT2D eigenvalue weighted by Crippen LogP contribution is 2.44. The molecule has 232 valence electrons. The van der Waals surface area contributed by atoms with E-state index in [1.165, 1.54) is 12.1 Å². The molecule has 1 aromatic heterocycles. The van der Waals surface area contributed by atoms with Crippen LogP contribution >= 0.6 is 0 Å². The number of benzene rings is 1. The van der Waals surface area contributed by atoms with Crippen molar-refractivity contribution in [1.29, 1.82) is 0 Å². The fourth-order valence-electron chi connectivity index (χ4n) is 6.99. The van der Waals surface area contributed by atoms with Gasteiger partial charge < -0.3 is 20.0 Å². The van der Waals surface area contributed by atoms with Gasteiger partial charge in [0.2, 0.25) is 5.91 Å². The number of hydrogen-bond acceptors (Lipinski definition) is 4. The second-order valence-electron chi connectivity index (χ2n) is 12.4. The number of likely N-dealkylation sites (tertiary alicyclic amines) is 3. The van der Waals surface area contributed by atoms with Crippen LogP contribution in [0, 0.1) is 0 Å². The average Bonchev–Trinajstić information content (AvgIpc) is 3.54. The molecule has 0 spiro atoms. The molecule has 9 nitrogen and oxygen atoms in total. The highest BCUT2D eigenvalue weighted by atomic mass is 19.4. The topological polar surface area (TPSA) is 90.8 Å². The largest absolute Gasteiger partial charge is 0.416 e. The Labute approximate surface area is 249 Å². The molecule has 6 rings (SSSR count). The highest BCUT2D eigenvalue weighted by molar-refractivity contribution is 5.95. The van der Waals surface area contributed by atoms with Crippen LogP contribution in [0.2, 0.25) is 0 Å². The van der Waals surface area contributed by atoms with Crippen LogP contribution in [-0.4, -0.2) is 87.6 Å². The second-order valence-corrected chi connectivity index (χ2v) is 12.4. The first-order valence-corrected chi connectivity index (χ1v) is 15.4. The Hall–Kier alpha value is -3.57. The van der Waals surface area contributed by atoms with Gasteiger partial charge in [0.15, 0.2) is 0 Å². The van der Waals surface area contributed by atoms with E-state index in [4.69, 9.17) is 0 Å². The molecule has 43 heavy (non-hydrogen) atoms. The Morgan fingerprint density at radius 3 is 2.14 bits per heavy atom. The molecule has 3 saturated heterocycles. The minimum Gasteiger partial charge on any atom is -0.343 e. The average molecular weight is 601 g/mol. The number of nitrogens with one attached hydrogen (secondary N) is 1. The smallest absolute Gasteiger partial charge is 0.343 e. The molecular formula is C31H39F3N6O3. The Morgan fingerprint density at radius 2 is 1.49 bits per heavy atom. The molecule has 0 radical (unpaired) electrons. The maximum Gasteiger partial charge on any atom is 0.416 e. The van der Waals surface area contributed by atoms with Gasteiger partial charge in [-0.25, -0.2) is 4.79 Å². The van der Waals surface area contributed by atoms with Crippen molar-refractivity contribution in [3.63, 3.8) is 0 Å². The van der Waals surface area contributed by atoms with Crippen LogP contribution in [0.1, 0.15) is 96.9 Å². The summed E-state index contributed by atoms with van der Waals surface area (Å²) in [6, 6.07) is 5.73. The molecule has 4 fully saturated rings. The van der Waals surface area contributed by atoms with Crippen LogP contribution in [0.4, 0.5) is 18.0 Å². The van der Waals surface area contributed by atoms with Gasteiger partial charge in [-0.1, -0.05) is 18.2 Å². The lowest BCUT2D eigenvalue weighted by molar-refractivity contribution is -0.138. The summed E-state index contributed by atoms with van der Waals surface area (Å²) in [5.74, 6) is -0.198. The Balaban J connectivity index is 1.08. The van der Waals surface area contributed by atoms with Crippen molar-refractivity contribution in [3.05, 3.63) is 52.8 Å². The monoisotopic (exact) mass is 600 g/mol. The third-order valence-electron chi connectivity index (χ3n) is 9.58. The summed E-state index contributed by atoms with van der Waals surface area (Å²) in [6.07, 6.45) is 2.62. The first-order chi connectivity index (χ1) is 20.6. The lowest BCUT2D eigenvalue weighted by atomic mass is 9.93. The fourth-order valence-corrected chi connectivity index (χ4v) is 6.99.